The highest BCUT2D eigenvalue weighted by Gasteiger charge is 2.29. The summed E-state index contributed by atoms with van der Waals surface area (Å²) in [6, 6.07) is 7.89. The predicted octanol–water partition coefficient (Wildman–Crippen LogP) is 0.995. The lowest BCUT2D eigenvalue weighted by Crippen LogP contribution is -2.46. The number of amides is 1. The van der Waals surface area contributed by atoms with Gasteiger partial charge in [-0.25, -0.2) is 0 Å². The van der Waals surface area contributed by atoms with Crippen molar-refractivity contribution in [2.45, 2.75) is 12.5 Å². The highest BCUT2D eigenvalue weighted by Crippen LogP contribution is 2.24. The average molecular weight is 292 g/mol. The second kappa shape index (κ2) is 8.12. The Morgan fingerprint density at radius 3 is 2.57 bits per heavy atom. The van der Waals surface area contributed by atoms with Crippen molar-refractivity contribution in [3.8, 4) is 0 Å². The molecule has 21 heavy (non-hydrogen) atoms. The van der Waals surface area contributed by atoms with Gasteiger partial charge >= 0.3 is 0 Å². The Bertz CT molecular complexity index is 457. The molecule has 2 rings (SSSR count). The maximum atomic E-state index is 12.8. The normalized spacial score (nSPS) is 17.3. The molecule has 1 aromatic carbocycles. The van der Waals surface area contributed by atoms with Gasteiger partial charge in [-0.05, 0) is 17.5 Å². The number of nitrogens with zero attached hydrogens (tertiary/aromatic N) is 1. The lowest BCUT2D eigenvalue weighted by atomic mass is 9.93. The molecule has 1 heterocycles. The Balaban J connectivity index is 2.12. The van der Waals surface area contributed by atoms with E-state index in [-0.39, 0.29) is 11.9 Å². The maximum absolute atomic E-state index is 12.8. The van der Waals surface area contributed by atoms with E-state index in [1.165, 1.54) is 5.56 Å². The van der Waals surface area contributed by atoms with Crippen molar-refractivity contribution < 1.29 is 14.3 Å². The second-order valence-electron chi connectivity index (χ2n) is 5.15. The minimum atomic E-state index is -0.260. The first kappa shape index (κ1) is 15.9. The number of carbonyl (C=O) groups excluding carboxylic acids is 1. The van der Waals surface area contributed by atoms with E-state index < -0.39 is 0 Å². The van der Waals surface area contributed by atoms with E-state index in [0.29, 0.717) is 26.3 Å². The summed E-state index contributed by atoms with van der Waals surface area (Å²) < 4.78 is 10.2. The van der Waals surface area contributed by atoms with Gasteiger partial charge in [0.1, 0.15) is 6.04 Å². The van der Waals surface area contributed by atoms with Crippen LogP contribution in [0.3, 0.4) is 0 Å². The van der Waals surface area contributed by atoms with Gasteiger partial charge < -0.3 is 19.7 Å². The molecule has 0 spiro atoms. The summed E-state index contributed by atoms with van der Waals surface area (Å²) in [5, 5.41) is 3.34. The van der Waals surface area contributed by atoms with Crippen LogP contribution in [0.5, 0.6) is 0 Å². The van der Waals surface area contributed by atoms with Gasteiger partial charge in [0.25, 0.3) is 0 Å². The van der Waals surface area contributed by atoms with Crippen LogP contribution in [0.15, 0.2) is 24.3 Å². The van der Waals surface area contributed by atoms with Crippen LogP contribution in [0.25, 0.3) is 0 Å². The van der Waals surface area contributed by atoms with E-state index in [1.54, 1.807) is 14.2 Å². The Kier molecular flexibility index (Phi) is 6.17. The fourth-order valence-corrected chi connectivity index (χ4v) is 2.64. The van der Waals surface area contributed by atoms with Gasteiger partial charge in [0.15, 0.2) is 0 Å². The van der Waals surface area contributed by atoms with Crippen LogP contribution in [0.1, 0.15) is 17.2 Å². The van der Waals surface area contributed by atoms with Gasteiger partial charge in [-0.2, -0.15) is 0 Å². The molecule has 1 atom stereocenters. The third kappa shape index (κ3) is 4.03. The van der Waals surface area contributed by atoms with E-state index in [4.69, 9.17) is 9.47 Å². The van der Waals surface area contributed by atoms with Crippen molar-refractivity contribution in [3.05, 3.63) is 35.4 Å². The summed E-state index contributed by atoms with van der Waals surface area (Å²) in [7, 11) is 3.29. The predicted molar refractivity (Wildman–Crippen MR) is 81.2 cm³/mol. The number of carbonyl (C=O) groups is 1. The van der Waals surface area contributed by atoms with Crippen molar-refractivity contribution in [1.29, 1.82) is 0 Å². The number of methoxy groups -OCH3 is 2. The van der Waals surface area contributed by atoms with Crippen LogP contribution >= 0.6 is 0 Å². The Hall–Kier alpha value is -1.43. The highest BCUT2D eigenvalue weighted by atomic mass is 16.5. The number of benzene rings is 1. The van der Waals surface area contributed by atoms with Crippen LogP contribution in [0.4, 0.5) is 0 Å². The third-order valence-electron chi connectivity index (χ3n) is 3.80. The van der Waals surface area contributed by atoms with Crippen LogP contribution in [0, 0.1) is 0 Å². The number of nitrogens with one attached hydrogen (secondary N) is 1. The van der Waals surface area contributed by atoms with Crippen molar-refractivity contribution in [3.63, 3.8) is 0 Å². The molecule has 0 radical (unpaired) electrons. The standard InChI is InChI=1S/C16H24N2O3/c1-20-11-9-18(10-12-21-2)16(19)15-14-6-4-3-5-13(14)7-8-17-15/h3-6,15,17H,7-12H2,1-2H3. The Morgan fingerprint density at radius 1 is 1.24 bits per heavy atom. The van der Waals surface area contributed by atoms with Gasteiger partial charge in [-0.15, -0.1) is 0 Å². The summed E-state index contributed by atoms with van der Waals surface area (Å²) in [6.07, 6.45) is 0.968. The zero-order valence-corrected chi connectivity index (χ0v) is 12.8. The largest absolute Gasteiger partial charge is 0.383 e. The minimum Gasteiger partial charge on any atom is -0.383 e. The maximum Gasteiger partial charge on any atom is 0.244 e. The smallest absolute Gasteiger partial charge is 0.244 e. The number of hydrogen-bond acceptors (Lipinski definition) is 4. The molecule has 1 unspecified atom stereocenters. The fraction of sp³-hybridized carbons (Fsp3) is 0.562. The zero-order chi connectivity index (χ0) is 15.1. The minimum absolute atomic E-state index is 0.0938. The van der Waals surface area contributed by atoms with Gasteiger partial charge in [-0.1, -0.05) is 24.3 Å². The number of hydrogen-bond donors (Lipinski definition) is 1. The first-order valence-electron chi connectivity index (χ1n) is 7.35. The van der Waals surface area contributed by atoms with E-state index >= 15 is 0 Å². The van der Waals surface area contributed by atoms with Crippen molar-refractivity contribution in [2.75, 3.05) is 47.1 Å². The highest BCUT2D eigenvalue weighted by molar-refractivity contribution is 5.84. The molecule has 1 aliphatic heterocycles. The van der Waals surface area contributed by atoms with Gasteiger partial charge in [0.05, 0.1) is 13.2 Å². The number of ether oxygens (including phenoxy) is 2. The summed E-state index contributed by atoms with van der Waals surface area (Å²) in [6.45, 7) is 3.06. The first-order valence-corrected chi connectivity index (χ1v) is 7.35. The van der Waals surface area contributed by atoms with Crippen LogP contribution in [0.2, 0.25) is 0 Å². The van der Waals surface area contributed by atoms with Crippen molar-refractivity contribution in [1.82, 2.24) is 10.2 Å². The molecule has 1 aliphatic rings. The van der Waals surface area contributed by atoms with E-state index in [9.17, 15) is 4.79 Å². The van der Waals surface area contributed by atoms with Gasteiger partial charge in [0.2, 0.25) is 5.91 Å². The van der Waals surface area contributed by atoms with Gasteiger partial charge in [0, 0.05) is 33.9 Å². The molecule has 1 amide bonds. The second-order valence-corrected chi connectivity index (χ2v) is 5.15. The molecule has 0 fully saturated rings. The molecular formula is C16H24N2O3. The third-order valence-corrected chi connectivity index (χ3v) is 3.80. The summed E-state index contributed by atoms with van der Waals surface area (Å²) in [5.74, 6) is 0.0938. The number of rotatable bonds is 7. The Labute approximate surface area is 126 Å². The lowest BCUT2D eigenvalue weighted by molar-refractivity contribution is -0.135. The van der Waals surface area contributed by atoms with E-state index in [2.05, 4.69) is 11.4 Å². The molecule has 0 saturated heterocycles. The summed E-state index contributed by atoms with van der Waals surface area (Å²) in [5.41, 5.74) is 2.35. The molecule has 1 aromatic rings. The Morgan fingerprint density at radius 2 is 1.90 bits per heavy atom. The molecular weight excluding hydrogens is 268 g/mol. The molecule has 0 aliphatic carbocycles. The van der Waals surface area contributed by atoms with E-state index in [1.807, 2.05) is 23.1 Å². The van der Waals surface area contributed by atoms with E-state index in [0.717, 1.165) is 18.5 Å². The molecule has 0 bridgehead atoms. The zero-order valence-electron chi connectivity index (χ0n) is 12.8. The van der Waals surface area contributed by atoms with Gasteiger partial charge in [-0.3, -0.25) is 4.79 Å². The summed E-state index contributed by atoms with van der Waals surface area (Å²) in [4.78, 5) is 14.6. The van der Waals surface area contributed by atoms with Crippen molar-refractivity contribution in [2.24, 2.45) is 0 Å². The summed E-state index contributed by atoms with van der Waals surface area (Å²) >= 11 is 0. The number of fused-ring (bicyclic) bond motifs is 1. The monoisotopic (exact) mass is 292 g/mol. The van der Waals surface area contributed by atoms with Crippen molar-refractivity contribution >= 4 is 5.91 Å². The fourth-order valence-electron chi connectivity index (χ4n) is 2.64. The molecule has 5 heteroatoms. The molecule has 5 nitrogen and oxygen atoms in total. The molecule has 1 N–H and O–H groups in total. The average Bonchev–Trinajstić information content (AvgIpc) is 2.54. The SMILES string of the molecule is COCCN(CCOC)C(=O)C1NCCc2ccccc21. The first-order chi connectivity index (χ1) is 10.3. The quantitative estimate of drug-likeness (QED) is 0.814. The van der Waals surface area contributed by atoms with Crippen LogP contribution in [-0.4, -0.2) is 57.9 Å². The molecule has 0 aromatic heterocycles. The molecule has 116 valence electrons. The topological polar surface area (TPSA) is 50.8 Å². The van der Waals surface area contributed by atoms with Crippen LogP contribution < -0.4 is 5.32 Å². The lowest BCUT2D eigenvalue weighted by Gasteiger charge is -2.31. The molecule has 0 saturated carbocycles. The van der Waals surface area contributed by atoms with Crippen LogP contribution in [-0.2, 0) is 20.7 Å².